The molecule has 3 heterocycles. The van der Waals surface area contributed by atoms with E-state index in [9.17, 15) is 9.00 Å². The van der Waals surface area contributed by atoms with Gasteiger partial charge in [-0.2, -0.15) is 0 Å². The lowest BCUT2D eigenvalue weighted by molar-refractivity contribution is -0.127. The summed E-state index contributed by atoms with van der Waals surface area (Å²) in [5.74, 6) is 0.358. The predicted molar refractivity (Wildman–Crippen MR) is 130 cm³/mol. The minimum absolute atomic E-state index is 0.0347. The van der Waals surface area contributed by atoms with E-state index in [-0.39, 0.29) is 11.8 Å². The van der Waals surface area contributed by atoms with Gasteiger partial charge in [0.25, 0.3) is 0 Å². The van der Waals surface area contributed by atoms with Crippen LogP contribution >= 0.6 is 0 Å². The zero-order chi connectivity index (χ0) is 23.9. The van der Waals surface area contributed by atoms with Gasteiger partial charge in [0.15, 0.2) is 11.1 Å². The van der Waals surface area contributed by atoms with Crippen LogP contribution in [0.5, 0.6) is 0 Å². The van der Waals surface area contributed by atoms with Gasteiger partial charge in [0.2, 0.25) is 11.9 Å². The molecule has 1 amide bonds. The van der Waals surface area contributed by atoms with Crippen molar-refractivity contribution >= 4 is 22.7 Å². The molecule has 180 valence electrons. The molecule has 4 rings (SSSR count). The highest BCUT2D eigenvalue weighted by Crippen LogP contribution is 2.25. The van der Waals surface area contributed by atoms with Gasteiger partial charge in [-0.25, -0.2) is 19.2 Å². The van der Waals surface area contributed by atoms with Gasteiger partial charge in [-0.15, -0.1) is 0 Å². The number of benzene rings is 1. The second-order valence-electron chi connectivity index (χ2n) is 8.26. The molecule has 3 aromatic rings. The van der Waals surface area contributed by atoms with Crippen LogP contribution in [0.15, 0.2) is 49.1 Å². The number of hydrogen-bond acceptors (Lipinski definition) is 7. The van der Waals surface area contributed by atoms with Crippen LogP contribution in [0.1, 0.15) is 42.3 Å². The molecule has 2 aromatic heterocycles. The maximum atomic E-state index is 13.5. The number of hydrogen-bond donors (Lipinski definition) is 3. The lowest BCUT2D eigenvalue weighted by Crippen LogP contribution is -2.43. The van der Waals surface area contributed by atoms with Crippen LogP contribution in [-0.4, -0.2) is 58.1 Å². The Balaban J connectivity index is 1.51. The standard InChI is InChI=1S/C23H29N7O3S/c1-17-13-20(28-23(27-17)30-12-9-24-15-30)21(29-10-3-2-4-11-29)22(31)25-14-18-5-7-19(8-6-18)26-16-34(32)33/h5-9,12-13,15,21,26H,2-4,10-11,14,16H2,1H3,(H,25,31)(H,32,33). The highest BCUT2D eigenvalue weighted by atomic mass is 32.2. The molecule has 3 N–H and O–H groups in total. The summed E-state index contributed by atoms with van der Waals surface area (Å²) in [5.41, 5.74) is 3.13. The molecule has 1 aromatic carbocycles. The number of carbonyl (C=O) groups excluding carboxylic acids is 1. The molecule has 1 fully saturated rings. The van der Waals surface area contributed by atoms with Gasteiger partial charge in [0.05, 0.1) is 5.69 Å². The number of imidazole rings is 1. The normalized spacial score (nSPS) is 16.1. The predicted octanol–water partition coefficient (Wildman–Crippen LogP) is 2.41. The summed E-state index contributed by atoms with van der Waals surface area (Å²) in [5, 5.41) is 5.95. The van der Waals surface area contributed by atoms with E-state index < -0.39 is 17.1 Å². The van der Waals surface area contributed by atoms with E-state index in [4.69, 9.17) is 9.54 Å². The summed E-state index contributed by atoms with van der Waals surface area (Å²) in [7, 11) is 0. The zero-order valence-corrected chi connectivity index (χ0v) is 19.9. The first kappa shape index (κ1) is 24.0. The fourth-order valence-corrected chi connectivity index (χ4v) is 4.34. The number of anilines is 1. The molecule has 10 nitrogen and oxygen atoms in total. The van der Waals surface area contributed by atoms with Crippen molar-refractivity contribution < 1.29 is 13.6 Å². The topological polar surface area (TPSA) is 125 Å². The van der Waals surface area contributed by atoms with Crippen LogP contribution in [0, 0.1) is 6.92 Å². The molecule has 0 saturated carbocycles. The number of rotatable bonds is 9. The second kappa shape index (κ2) is 11.3. The van der Waals surface area contributed by atoms with Crippen LogP contribution in [0.2, 0.25) is 0 Å². The summed E-state index contributed by atoms with van der Waals surface area (Å²) in [6.45, 7) is 3.95. The average Bonchev–Trinajstić information content (AvgIpc) is 3.38. The largest absolute Gasteiger partial charge is 0.372 e. The first-order valence-electron chi connectivity index (χ1n) is 11.3. The maximum Gasteiger partial charge on any atom is 0.243 e. The molecular formula is C23H29N7O3S. The molecule has 1 aliphatic rings. The van der Waals surface area contributed by atoms with Crippen molar-refractivity contribution in [1.82, 2.24) is 29.7 Å². The molecule has 2 unspecified atom stereocenters. The molecule has 0 aliphatic carbocycles. The van der Waals surface area contributed by atoms with Gasteiger partial charge in [0, 0.05) is 30.3 Å². The maximum absolute atomic E-state index is 13.5. The van der Waals surface area contributed by atoms with Gasteiger partial charge < -0.3 is 15.2 Å². The summed E-state index contributed by atoms with van der Waals surface area (Å²) in [6.07, 6.45) is 8.36. The Morgan fingerprint density at radius 1 is 1.18 bits per heavy atom. The fourth-order valence-electron chi connectivity index (χ4n) is 4.04. The second-order valence-corrected chi connectivity index (χ2v) is 9.19. The molecule has 0 radical (unpaired) electrons. The van der Waals surface area contributed by atoms with E-state index in [0.29, 0.717) is 18.2 Å². The van der Waals surface area contributed by atoms with Gasteiger partial charge in [-0.3, -0.25) is 14.3 Å². The van der Waals surface area contributed by atoms with E-state index in [1.165, 1.54) is 0 Å². The number of amides is 1. The number of aryl methyl sites for hydroxylation is 1. The van der Waals surface area contributed by atoms with Crippen molar-refractivity contribution in [3.05, 3.63) is 66.0 Å². The minimum atomic E-state index is -1.91. The van der Waals surface area contributed by atoms with E-state index in [2.05, 4.69) is 25.5 Å². The number of aromatic nitrogens is 4. The smallest absolute Gasteiger partial charge is 0.243 e. The summed E-state index contributed by atoms with van der Waals surface area (Å²) >= 11 is -1.91. The van der Waals surface area contributed by atoms with E-state index in [1.54, 1.807) is 23.3 Å². The van der Waals surface area contributed by atoms with Crippen molar-refractivity contribution in [1.29, 1.82) is 0 Å². The van der Waals surface area contributed by atoms with Crippen LogP contribution < -0.4 is 10.6 Å². The Hall–Kier alpha value is -3.15. The van der Waals surface area contributed by atoms with Gasteiger partial charge in [0.1, 0.15) is 18.2 Å². The molecule has 34 heavy (non-hydrogen) atoms. The Morgan fingerprint density at radius 2 is 1.94 bits per heavy atom. The lowest BCUT2D eigenvalue weighted by atomic mass is 10.0. The molecular weight excluding hydrogens is 454 g/mol. The number of carbonyl (C=O) groups is 1. The number of piperidine rings is 1. The summed E-state index contributed by atoms with van der Waals surface area (Å²) in [4.78, 5) is 29.0. The number of nitrogens with zero attached hydrogens (tertiary/aromatic N) is 5. The van der Waals surface area contributed by atoms with Crippen LogP contribution in [0.4, 0.5) is 5.69 Å². The van der Waals surface area contributed by atoms with E-state index in [1.807, 2.05) is 37.3 Å². The summed E-state index contributed by atoms with van der Waals surface area (Å²) < 4.78 is 21.5. The van der Waals surface area contributed by atoms with Gasteiger partial charge in [-0.05, 0) is 56.6 Å². The first-order valence-corrected chi connectivity index (χ1v) is 12.5. The van der Waals surface area contributed by atoms with Crippen molar-refractivity contribution in [2.24, 2.45) is 0 Å². The Kier molecular flexibility index (Phi) is 7.99. The molecule has 1 saturated heterocycles. The van der Waals surface area contributed by atoms with Crippen molar-refractivity contribution in [3.63, 3.8) is 0 Å². The molecule has 0 bridgehead atoms. The zero-order valence-electron chi connectivity index (χ0n) is 19.1. The highest BCUT2D eigenvalue weighted by Gasteiger charge is 2.30. The Labute approximate surface area is 201 Å². The van der Waals surface area contributed by atoms with Crippen LogP contribution in [0.3, 0.4) is 0 Å². The average molecular weight is 484 g/mol. The highest BCUT2D eigenvalue weighted by molar-refractivity contribution is 7.79. The van der Waals surface area contributed by atoms with E-state index in [0.717, 1.165) is 49.3 Å². The van der Waals surface area contributed by atoms with Gasteiger partial charge >= 0.3 is 0 Å². The summed E-state index contributed by atoms with van der Waals surface area (Å²) in [6, 6.07) is 8.77. The van der Waals surface area contributed by atoms with Crippen molar-refractivity contribution in [2.45, 2.75) is 38.8 Å². The van der Waals surface area contributed by atoms with Crippen LogP contribution in [-0.2, 0) is 22.4 Å². The molecule has 11 heteroatoms. The van der Waals surface area contributed by atoms with Crippen LogP contribution in [0.25, 0.3) is 5.95 Å². The molecule has 0 spiro atoms. The molecule has 1 aliphatic heterocycles. The third-order valence-corrected chi connectivity index (χ3v) is 6.09. The molecule has 2 atom stereocenters. The first-order chi connectivity index (χ1) is 16.5. The van der Waals surface area contributed by atoms with Crippen molar-refractivity contribution in [2.75, 3.05) is 24.3 Å². The Morgan fingerprint density at radius 3 is 2.62 bits per heavy atom. The number of likely N-dealkylation sites (tertiary alicyclic amines) is 1. The number of nitrogens with one attached hydrogen (secondary N) is 2. The minimum Gasteiger partial charge on any atom is -0.372 e. The third-order valence-electron chi connectivity index (χ3n) is 5.70. The monoisotopic (exact) mass is 483 g/mol. The lowest BCUT2D eigenvalue weighted by Gasteiger charge is -2.33. The van der Waals surface area contributed by atoms with Gasteiger partial charge in [-0.1, -0.05) is 18.6 Å². The van der Waals surface area contributed by atoms with Crippen molar-refractivity contribution in [3.8, 4) is 5.95 Å². The Bertz CT molecular complexity index is 1120. The SMILES string of the molecule is Cc1cc(C(C(=O)NCc2ccc(NCS(=O)O)cc2)N2CCCCC2)nc(-n2ccnc2)n1. The fraction of sp³-hybridized carbons (Fsp3) is 0.391. The van der Waals surface area contributed by atoms with E-state index >= 15 is 0 Å². The third kappa shape index (κ3) is 6.25. The quantitative estimate of drug-likeness (QED) is 0.396.